The third kappa shape index (κ3) is 2.96. The zero-order valence-electron chi connectivity index (χ0n) is 13.3. The molecule has 2 N–H and O–H groups in total. The number of phenolic OH excluding ortho intramolecular Hbond substituents is 1. The van der Waals surface area contributed by atoms with Crippen LogP contribution >= 0.6 is 15.9 Å². The fraction of sp³-hybridized carbons (Fsp3) is 0.529. The zero-order chi connectivity index (χ0) is 16.6. The van der Waals surface area contributed by atoms with Crippen molar-refractivity contribution < 1.29 is 14.6 Å². The predicted molar refractivity (Wildman–Crippen MR) is 91.7 cm³/mol. The van der Waals surface area contributed by atoms with Crippen molar-refractivity contribution in [3.63, 3.8) is 0 Å². The van der Waals surface area contributed by atoms with Crippen LogP contribution in [0.15, 0.2) is 21.7 Å². The average molecular weight is 381 g/mol. The van der Waals surface area contributed by atoms with Crippen LogP contribution in [0.4, 0.5) is 0 Å². The van der Waals surface area contributed by atoms with Gasteiger partial charge in [-0.05, 0) is 57.8 Å². The topological polar surface area (TPSA) is 70.9 Å². The Balaban J connectivity index is 1.63. The summed E-state index contributed by atoms with van der Waals surface area (Å²) in [5.74, 6) is 1.04. The van der Waals surface area contributed by atoms with E-state index in [-0.39, 0.29) is 23.0 Å². The number of amides is 1. The lowest BCUT2D eigenvalue weighted by Gasteiger charge is -2.15. The first-order chi connectivity index (χ1) is 11.0. The summed E-state index contributed by atoms with van der Waals surface area (Å²) in [6.45, 7) is 2.22. The number of nitrogens with zero attached hydrogens (tertiary/aromatic N) is 1. The lowest BCUT2D eigenvalue weighted by Crippen LogP contribution is -2.22. The SMILES string of the molecule is COc1cc(/C=N/NC(=O)[C@@H]2[C@H]3CCCC[C@@]32C)cc(Br)c1O. The molecule has 0 bridgehead atoms. The van der Waals surface area contributed by atoms with E-state index < -0.39 is 0 Å². The van der Waals surface area contributed by atoms with Crippen LogP contribution in [0.2, 0.25) is 0 Å². The van der Waals surface area contributed by atoms with Crippen molar-refractivity contribution in [1.29, 1.82) is 0 Å². The number of hydrogen-bond donors (Lipinski definition) is 2. The van der Waals surface area contributed by atoms with Crippen LogP contribution in [0.5, 0.6) is 11.5 Å². The number of fused-ring (bicyclic) bond motifs is 1. The van der Waals surface area contributed by atoms with Crippen LogP contribution in [0, 0.1) is 17.3 Å². The summed E-state index contributed by atoms with van der Waals surface area (Å²) in [6.07, 6.45) is 6.30. The van der Waals surface area contributed by atoms with Gasteiger partial charge in [0, 0.05) is 5.92 Å². The normalized spacial score (nSPS) is 29.2. The molecule has 1 amide bonds. The molecule has 124 valence electrons. The average Bonchev–Trinajstić information content (AvgIpc) is 3.16. The first-order valence-corrected chi connectivity index (χ1v) is 8.66. The van der Waals surface area contributed by atoms with Gasteiger partial charge in [-0.2, -0.15) is 5.10 Å². The van der Waals surface area contributed by atoms with Crippen LogP contribution in [0.3, 0.4) is 0 Å². The van der Waals surface area contributed by atoms with Crippen molar-refractivity contribution in [2.24, 2.45) is 22.4 Å². The van der Waals surface area contributed by atoms with Gasteiger partial charge in [0.1, 0.15) is 0 Å². The molecule has 0 aromatic heterocycles. The van der Waals surface area contributed by atoms with E-state index >= 15 is 0 Å². The molecule has 5 nitrogen and oxygen atoms in total. The summed E-state index contributed by atoms with van der Waals surface area (Å²) in [6, 6.07) is 3.37. The fourth-order valence-corrected chi connectivity index (χ4v) is 4.37. The molecule has 2 fully saturated rings. The van der Waals surface area contributed by atoms with E-state index in [1.165, 1.54) is 20.0 Å². The molecule has 23 heavy (non-hydrogen) atoms. The number of carbonyl (C=O) groups is 1. The molecule has 0 unspecified atom stereocenters. The largest absolute Gasteiger partial charge is 0.503 e. The molecule has 0 saturated heterocycles. The molecule has 1 aromatic rings. The maximum atomic E-state index is 12.3. The standard InChI is InChI=1S/C17H21BrN2O3/c1-17-6-4-3-5-11(17)14(17)16(22)20-19-9-10-7-12(18)15(21)13(8-10)23-2/h7-9,11,14,21H,3-6H2,1-2H3,(H,20,22)/b19-9+/t11-,14+,17+/m1/s1. The quantitative estimate of drug-likeness (QED) is 0.620. The smallest absolute Gasteiger partial charge is 0.244 e. The molecule has 0 aliphatic heterocycles. The Bertz CT molecular complexity index is 661. The monoisotopic (exact) mass is 380 g/mol. The van der Waals surface area contributed by atoms with Gasteiger partial charge in [0.15, 0.2) is 11.5 Å². The van der Waals surface area contributed by atoms with Gasteiger partial charge in [-0.3, -0.25) is 4.79 Å². The van der Waals surface area contributed by atoms with Crippen LogP contribution in [-0.2, 0) is 4.79 Å². The molecule has 0 radical (unpaired) electrons. The van der Waals surface area contributed by atoms with E-state index in [0.717, 1.165) is 18.4 Å². The number of methoxy groups -OCH3 is 1. The van der Waals surface area contributed by atoms with Gasteiger partial charge in [0.05, 0.1) is 17.8 Å². The second-order valence-corrected chi connectivity index (χ2v) is 7.48. The number of ether oxygens (including phenoxy) is 1. The Kier molecular flexibility index (Phi) is 4.36. The van der Waals surface area contributed by atoms with E-state index in [9.17, 15) is 9.90 Å². The van der Waals surface area contributed by atoms with E-state index in [1.54, 1.807) is 18.3 Å². The molecule has 1 aromatic carbocycles. The zero-order valence-corrected chi connectivity index (χ0v) is 14.9. The maximum Gasteiger partial charge on any atom is 0.244 e. The summed E-state index contributed by atoms with van der Waals surface area (Å²) in [5.41, 5.74) is 3.57. The van der Waals surface area contributed by atoms with Crippen molar-refractivity contribution in [3.8, 4) is 11.5 Å². The van der Waals surface area contributed by atoms with Gasteiger partial charge >= 0.3 is 0 Å². The number of hydrazone groups is 1. The molecule has 2 aliphatic rings. The number of benzene rings is 1. The lowest BCUT2D eigenvalue weighted by atomic mass is 9.90. The highest BCUT2D eigenvalue weighted by molar-refractivity contribution is 9.10. The number of rotatable bonds is 4. The molecule has 3 rings (SSSR count). The summed E-state index contributed by atoms with van der Waals surface area (Å²) in [4.78, 5) is 12.3. The third-order valence-corrected chi connectivity index (χ3v) is 5.88. The Labute approximate surface area is 144 Å². The number of phenols is 1. The molecule has 2 aliphatic carbocycles. The summed E-state index contributed by atoms with van der Waals surface area (Å²) >= 11 is 3.26. The van der Waals surface area contributed by atoms with Crippen molar-refractivity contribution in [2.45, 2.75) is 32.6 Å². The molecule has 6 heteroatoms. The molecule has 0 spiro atoms. The highest BCUT2D eigenvalue weighted by Gasteiger charge is 2.64. The molecular weight excluding hydrogens is 360 g/mol. The van der Waals surface area contributed by atoms with Gasteiger partial charge in [0.25, 0.3) is 0 Å². The van der Waals surface area contributed by atoms with Gasteiger partial charge in [0.2, 0.25) is 5.91 Å². The van der Waals surface area contributed by atoms with Gasteiger partial charge in [-0.1, -0.05) is 19.8 Å². The molecule has 2 saturated carbocycles. The van der Waals surface area contributed by atoms with Crippen LogP contribution in [0.25, 0.3) is 0 Å². The van der Waals surface area contributed by atoms with Crippen molar-refractivity contribution in [1.82, 2.24) is 5.43 Å². The van der Waals surface area contributed by atoms with Crippen molar-refractivity contribution >= 4 is 28.1 Å². The van der Waals surface area contributed by atoms with E-state index in [1.807, 2.05) is 0 Å². The fourth-order valence-electron chi connectivity index (χ4n) is 3.91. The first kappa shape index (κ1) is 16.3. The third-order valence-electron chi connectivity index (χ3n) is 5.27. The summed E-state index contributed by atoms with van der Waals surface area (Å²) in [5, 5.41) is 13.8. The number of halogens is 1. The van der Waals surface area contributed by atoms with Crippen molar-refractivity contribution in [3.05, 3.63) is 22.2 Å². The Morgan fingerprint density at radius 2 is 2.30 bits per heavy atom. The second kappa shape index (κ2) is 6.15. The highest BCUT2D eigenvalue weighted by atomic mass is 79.9. The van der Waals surface area contributed by atoms with Crippen LogP contribution in [0.1, 0.15) is 38.2 Å². The number of hydrogen-bond acceptors (Lipinski definition) is 4. The Hall–Kier alpha value is -1.56. The molecule has 0 heterocycles. The first-order valence-electron chi connectivity index (χ1n) is 7.87. The maximum absolute atomic E-state index is 12.3. The predicted octanol–water partition coefficient (Wildman–Crippen LogP) is 3.44. The van der Waals surface area contributed by atoms with Gasteiger partial charge < -0.3 is 9.84 Å². The van der Waals surface area contributed by atoms with Gasteiger partial charge in [-0.15, -0.1) is 0 Å². The second-order valence-electron chi connectivity index (χ2n) is 6.62. The Morgan fingerprint density at radius 3 is 2.96 bits per heavy atom. The lowest BCUT2D eigenvalue weighted by molar-refractivity contribution is -0.123. The summed E-state index contributed by atoms with van der Waals surface area (Å²) < 4.78 is 5.61. The summed E-state index contributed by atoms with van der Waals surface area (Å²) in [7, 11) is 1.49. The van der Waals surface area contributed by atoms with E-state index in [2.05, 4.69) is 33.4 Å². The van der Waals surface area contributed by atoms with Gasteiger partial charge in [-0.25, -0.2) is 5.43 Å². The minimum absolute atomic E-state index is 0.0143. The van der Waals surface area contributed by atoms with Crippen molar-refractivity contribution in [2.75, 3.05) is 7.11 Å². The number of carbonyl (C=O) groups excluding carboxylic acids is 1. The minimum atomic E-state index is 0.0143. The molecule has 3 atom stereocenters. The highest BCUT2D eigenvalue weighted by Crippen LogP contribution is 2.66. The van der Waals surface area contributed by atoms with Crippen LogP contribution < -0.4 is 10.2 Å². The van der Waals surface area contributed by atoms with E-state index in [4.69, 9.17) is 4.74 Å². The molecular formula is C17H21BrN2O3. The number of nitrogens with one attached hydrogen (secondary N) is 1. The van der Waals surface area contributed by atoms with E-state index in [0.29, 0.717) is 16.1 Å². The van der Waals surface area contributed by atoms with Crippen LogP contribution in [-0.4, -0.2) is 24.3 Å². The minimum Gasteiger partial charge on any atom is -0.503 e. The Morgan fingerprint density at radius 1 is 1.52 bits per heavy atom. The number of aromatic hydroxyl groups is 1.